The second-order valence-electron chi connectivity index (χ2n) is 6.33. The SMILES string of the molecule is CC(C)(C)OC(=O)N(c1cccc(O)c1)C(C=O)C1CC1. The molecule has 1 amide bonds. The highest BCUT2D eigenvalue weighted by atomic mass is 16.6. The molecule has 2 rings (SSSR count). The van der Waals surface area contributed by atoms with Crippen LogP contribution in [0.1, 0.15) is 33.6 Å². The number of amides is 1. The molecule has 0 saturated heterocycles. The van der Waals surface area contributed by atoms with E-state index in [0.29, 0.717) is 5.69 Å². The van der Waals surface area contributed by atoms with Crippen molar-refractivity contribution in [2.75, 3.05) is 4.90 Å². The summed E-state index contributed by atoms with van der Waals surface area (Å²) in [6, 6.07) is 5.74. The quantitative estimate of drug-likeness (QED) is 0.866. The van der Waals surface area contributed by atoms with Gasteiger partial charge in [-0.2, -0.15) is 0 Å². The zero-order chi connectivity index (χ0) is 15.6. The predicted molar refractivity (Wildman–Crippen MR) is 79.4 cm³/mol. The largest absolute Gasteiger partial charge is 0.508 e. The standard InChI is InChI=1S/C16H21NO4/c1-16(2,3)21-15(20)17(14(10-18)11-7-8-11)12-5-4-6-13(19)9-12/h4-6,9-11,14,19H,7-8H2,1-3H3. The molecule has 5 heteroatoms. The summed E-state index contributed by atoms with van der Waals surface area (Å²) in [5.41, 5.74) is -0.184. The second-order valence-corrected chi connectivity index (χ2v) is 6.33. The molecule has 1 unspecified atom stereocenters. The number of carbonyl (C=O) groups excluding carboxylic acids is 2. The van der Waals surface area contributed by atoms with Crippen molar-refractivity contribution in [1.82, 2.24) is 0 Å². The fraction of sp³-hybridized carbons (Fsp3) is 0.500. The molecule has 5 nitrogen and oxygen atoms in total. The van der Waals surface area contributed by atoms with Crippen LogP contribution in [0.2, 0.25) is 0 Å². The van der Waals surface area contributed by atoms with Crippen LogP contribution < -0.4 is 4.90 Å². The first kappa shape index (κ1) is 15.4. The Bertz CT molecular complexity index is 531. The van der Waals surface area contributed by atoms with E-state index in [0.717, 1.165) is 19.1 Å². The number of ether oxygens (including phenoxy) is 1. The van der Waals surface area contributed by atoms with Gasteiger partial charge in [-0.3, -0.25) is 4.90 Å². The number of aldehydes is 1. The summed E-state index contributed by atoms with van der Waals surface area (Å²) in [6.45, 7) is 5.33. The molecule has 0 heterocycles. The van der Waals surface area contributed by atoms with E-state index in [9.17, 15) is 14.7 Å². The maximum Gasteiger partial charge on any atom is 0.415 e. The Labute approximate surface area is 124 Å². The van der Waals surface area contributed by atoms with Gasteiger partial charge >= 0.3 is 6.09 Å². The number of phenolic OH excluding ortho intramolecular Hbond substituents is 1. The fourth-order valence-electron chi connectivity index (χ4n) is 2.17. The first-order valence-corrected chi connectivity index (χ1v) is 7.08. The molecular weight excluding hydrogens is 270 g/mol. The van der Waals surface area contributed by atoms with Crippen LogP contribution in [-0.4, -0.2) is 29.1 Å². The number of phenols is 1. The summed E-state index contributed by atoms with van der Waals surface area (Å²) in [4.78, 5) is 25.3. The molecule has 1 atom stereocenters. The summed E-state index contributed by atoms with van der Waals surface area (Å²) >= 11 is 0. The van der Waals surface area contributed by atoms with Crippen molar-refractivity contribution in [1.29, 1.82) is 0 Å². The highest BCUT2D eigenvalue weighted by Gasteiger charge is 2.39. The molecule has 1 N–H and O–H groups in total. The van der Waals surface area contributed by atoms with Crippen molar-refractivity contribution in [3.05, 3.63) is 24.3 Å². The predicted octanol–water partition coefficient (Wildman–Crippen LogP) is 3.11. The van der Waals surface area contributed by atoms with Crippen LogP contribution in [0.4, 0.5) is 10.5 Å². The van der Waals surface area contributed by atoms with E-state index in [2.05, 4.69) is 0 Å². The van der Waals surface area contributed by atoms with Gasteiger partial charge in [0.1, 0.15) is 17.6 Å². The molecule has 114 valence electrons. The van der Waals surface area contributed by atoms with Gasteiger partial charge in [0.2, 0.25) is 0 Å². The number of anilines is 1. The normalized spacial score (nSPS) is 16.1. The minimum Gasteiger partial charge on any atom is -0.508 e. The third kappa shape index (κ3) is 3.97. The van der Waals surface area contributed by atoms with Crippen molar-refractivity contribution in [3.63, 3.8) is 0 Å². The molecule has 0 aromatic heterocycles. The lowest BCUT2D eigenvalue weighted by atomic mass is 10.1. The summed E-state index contributed by atoms with van der Waals surface area (Å²) in [5.74, 6) is 0.207. The zero-order valence-corrected chi connectivity index (χ0v) is 12.6. The van der Waals surface area contributed by atoms with E-state index in [-0.39, 0.29) is 11.7 Å². The molecule has 1 fully saturated rings. The van der Waals surface area contributed by atoms with Gasteiger partial charge in [-0.1, -0.05) is 6.07 Å². The molecule has 1 aromatic carbocycles. The van der Waals surface area contributed by atoms with Gasteiger partial charge in [0.25, 0.3) is 0 Å². The molecule has 1 aromatic rings. The smallest absolute Gasteiger partial charge is 0.415 e. The number of benzene rings is 1. The Balaban J connectivity index is 2.33. The Morgan fingerprint density at radius 1 is 1.43 bits per heavy atom. The summed E-state index contributed by atoms with van der Waals surface area (Å²) in [7, 11) is 0. The van der Waals surface area contributed by atoms with Crippen LogP contribution in [0.25, 0.3) is 0 Å². The maximum atomic E-state index is 12.5. The second kappa shape index (κ2) is 5.76. The third-order valence-corrected chi connectivity index (χ3v) is 3.24. The molecule has 0 radical (unpaired) electrons. The number of rotatable bonds is 4. The van der Waals surface area contributed by atoms with Crippen LogP contribution in [0.3, 0.4) is 0 Å². The average Bonchev–Trinajstić information content (AvgIpc) is 3.17. The van der Waals surface area contributed by atoms with Gasteiger partial charge in [0, 0.05) is 6.07 Å². The number of hydrogen-bond donors (Lipinski definition) is 1. The Morgan fingerprint density at radius 3 is 2.57 bits per heavy atom. The third-order valence-electron chi connectivity index (χ3n) is 3.24. The van der Waals surface area contributed by atoms with Gasteiger partial charge in [0.15, 0.2) is 0 Å². The van der Waals surface area contributed by atoms with Crippen LogP contribution >= 0.6 is 0 Å². The van der Waals surface area contributed by atoms with Crippen molar-refractivity contribution >= 4 is 18.1 Å². The Hall–Kier alpha value is -2.04. The fourth-order valence-corrected chi connectivity index (χ4v) is 2.17. The average molecular weight is 291 g/mol. The van der Waals surface area contributed by atoms with Gasteiger partial charge < -0.3 is 14.6 Å². The summed E-state index contributed by atoms with van der Waals surface area (Å²) in [5, 5.41) is 9.62. The first-order valence-electron chi connectivity index (χ1n) is 7.08. The van der Waals surface area contributed by atoms with Crippen LogP contribution in [0.15, 0.2) is 24.3 Å². The molecular formula is C16H21NO4. The van der Waals surface area contributed by atoms with Crippen LogP contribution in [0, 0.1) is 5.92 Å². The van der Waals surface area contributed by atoms with Gasteiger partial charge in [0.05, 0.1) is 11.7 Å². The monoisotopic (exact) mass is 291 g/mol. The van der Waals surface area contributed by atoms with Crippen molar-refractivity contribution in [3.8, 4) is 5.75 Å². The van der Waals surface area contributed by atoms with E-state index in [1.54, 1.807) is 32.9 Å². The van der Waals surface area contributed by atoms with E-state index in [4.69, 9.17) is 4.74 Å². The Morgan fingerprint density at radius 2 is 2.10 bits per heavy atom. The lowest BCUT2D eigenvalue weighted by Gasteiger charge is -2.31. The minimum atomic E-state index is -0.650. The molecule has 1 saturated carbocycles. The maximum absolute atomic E-state index is 12.5. The van der Waals surface area contributed by atoms with Crippen LogP contribution in [-0.2, 0) is 9.53 Å². The minimum absolute atomic E-state index is 0.0431. The van der Waals surface area contributed by atoms with Gasteiger partial charge in [-0.05, 0) is 51.7 Å². The lowest BCUT2D eigenvalue weighted by molar-refractivity contribution is -0.109. The number of hydrogen-bond acceptors (Lipinski definition) is 4. The highest BCUT2D eigenvalue weighted by Crippen LogP contribution is 2.37. The molecule has 1 aliphatic carbocycles. The van der Waals surface area contributed by atoms with Crippen molar-refractivity contribution in [2.45, 2.75) is 45.3 Å². The van der Waals surface area contributed by atoms with Crippen LogP contribution in [0.5, 0.6) is 5.75 Å². The topological polar surface area (TPSA) is 66.8 Å². The molecule has 0 spiro atoms. The lowest BCUT2D eigenvalue weighted by Crippen LogP contribution is -2.45. The number of nitrogens with zero attached hydrogens (tertiary/aromatic N) is 1. The molecule has 21 heavy (non-hydrogen) atoms. The van der Waals surface area contributed by atoms with E-state index in [1.165, 1.54) is 17.0 Å². The van der Waals surface area contributed by atoms with Gasteiger partial charge in [-0.25, -0.2) is 4.79 Å². The van der Waals surface area contributed by atoms with E-state index >= 15 is 0 Å². The highest BCUT2D eigenvalue weighted by molar-refractivity contribution is 5.93. The first-order chi connectivity index (χ1) is 9.81. The van der Waals surface area contributed by atoms with Crippen molar-refractivity contribution < 1.29 is 19.4 Å². The van der Waals surface area contributed by atoms with E-state index < -0.39 is 17.7 Å². The number of carbonyl (C=O) groups is 2. The Kier molecular flexibility index (Phi) is 4.21. The zero-order valence-electron chi connectivity index (χ0n) is 12.6. The van der Waals surface area contributed by atoms with Gasteiger partial charge in [-0.15, -0.1) is 0 Å². The molecule has 0 bridgehead atoms. The number of aromatic hydroxyl groups is 1. The summed E-state index contributed by atoms with van der Waals surface area (Å²) < 4.78 is 5.40. The molecule has 1 aliphatic rings. The summed E-state index contributed by atoms with van der Waals surface area (Å²) in [6.07, 6.45) is 2.05. The van der Waals surface area contributed by atoms with Crippen molar-refractivity contribution in [2.24, 2.45) is 5.92 Å². The molecule has 0 aliphatic heterocycles. The van der Waals surface area contributed by atoms with E-state index in [1.807, 2.05) is 0 Å².